The predicted molar refractivity (Wildman–Crippen MR) is 117 cm³/mol. The number of nitrogens with zero attached hydrogens (tertiary/aromatic N) is 2. The van der Waals surface area contributed by atoms with E-state index in [4.69, 9.17) is 23.7 Å². The van der Waals surface area contributed by atoms with Crippen LogP contribution in [0.1, 0.15) is 11.6 Å². The van der Waals surface area contributed by atoms with E-state index in [1.165, 1.54) is 0 Å². The molecule has 30 heavy (non-hydrogen) atoms. The fourth-order valence-electron chi connectivity index (χ4n) is 3.31. The standard InChI is InChI=1S/C21H36N4O5/c1-22-21(23-7-10-29-14-13-26-2)24-16-18(25-8-11-30-12-9-25)17-5-6-19(27-3)20(15-17)28-4/h5-6,15,18H,7-14,16H2,1-4H3,(H2,22,23,24). The van der Waals surface area contributed by atoms with Crippen molar-refractivity contribution in [2.24, 2.45) is 4.99 Å². The Morgan fingerprint density at radius 2 is 1.83 bits per heavy atom. The molecule has 1 aliphatic heterocycles. The highest BCUT2D eigenvalue weighted by molar-refractivity contribution is 5.79. The summed E-state index contributed by atoms with van der Waals surface area (Å²) >= 11 is 0. The van der Waals surface area contributed by atoms with Gasteiger partial charge < -0.3 is 34.3 Å². The molecule has 9 nitrogen and oxygen atoms in total. The third-order valence-electron chi connectivity index (χ3n) is 4.94. The van der Waals surface area contributed by atoms with Crippen molar-refractivity contribution in [1.82, 2.24) is 15.5 Å². The van der Waals surface area contributed by atoms with Gasteiger partial charge in [0.15, 0.2) is 17.5 Å². The van der Waals surface area contributed by atoms with Gasteiger partial charge in [-0.25, -0.2) is 0 Å². The Hall–Kier alpha value is -2.07. The first-order valence-corrected chi connectivity index (χ1v) is 10.3. The van der Waals surface area contributed by atoms with Gasteiger partial charge in [0.1, 0.15) is 0 Å². The second-order valence-electron chi connectivity index (χ2n) is 6.76. The first-order valence-electron chi connectivity index (χ1n) is 10.3. The maximum atomic E-state index is 5.54. The molecule has 1 unspecified atom stereocenters. The maximum Gasteiger partial charge on any atom is 0.191 e. The van der Waals surface area contributed by atoms with Gasteiger partial charge >= 0.3 is 0 Å². The van der Waals surface area contributed by atoms with Crippen LogP contribution in [0, 0.1) is 0 Å². The van der Waals surface area contributed by atoms with E-state index in [0.717, 1.165) is 49.3 Å². The van der Waals surface area contributed by atoms with E-state index in [1.807, 2.05) is 12.1 Å². The summed E-state index contributed by atoms with van der Waals surface area (Å²) in [6.45, 7) is 6.35. The van der Waals surface area contributed by atoms with Crippen molar-refractivity contribution in [3.63, 3.8) is 0 Å². The normalized spacial score (nSPS) is 16.2. The summed E-state index contributed by atoms with van der Waals surface area (Å²) in [5, 5.41) is 6.72. The minimum atomic E-state index is 0.144. The smallest absolute Gasteiger partial charge is 0.191 e. The highest BCUT2D eigenvalue weighted by Crippen LogP contribution is 2.32. The average molecular weight is 425 g/mol. The topological polar surface area (TPSA) is 85.8 Å². The van der Waals surface area contributed by atoms with Crippen molar-refractivity contribution >= 4 is 5.96 Å². The molecule has 1 aromatic carbocycles. The Balaban J connectivity index is 1.99. The van der Waals surface area contributed by atoms with Crippen molar-refractivity contribution in [3.8, 4) is 11.5 Å². The van der Waals surface area contributed by atoms with Crippen molar-refractivity contribution in [1.29, 1.82) is 0 Å². The van der Waals surface area contributed by atoms with Gasteiger partial charge in [-0.1, -0.05) is 6.07 Å². The Morgan fingerprint density at radius 3 is 2.50 bits per heavy atom. The minimum absolute atomic E-state index is 0.144. The van der Waals surface area contributed by atoms with Crippen LogP contribution in [-0.2, 0) is 14.2 Å². The van der Waals surface area contributed by atoms with E-state index >= 15 is 0 Å². The number of morpholine rings is 1. The fourth-order valence-corrected chi connectivity index (χ4v) is 3.31. The maximum absolute atomic E-state index is 5.54. The molecular formula is C21H36N4O5. The lowest BCUT2D eigenvalue weighted by molar-refractivity contribution is 0.0169. The molecule has 0 aromatic heterocycles. The van der Waals surface area contributed by atoms with Gasteiger partial charge in [-0.05, 0) is 17.7 Å². The lowest BCUT2D eigenvalue weighted by atomic mass is 10.0. The monoisotopic (exact) mass is 424 g/mol. The van der Waals surface area contributed by atoms with Crippen LogP contribution in [0.25, 0.3) is 0 Å². The summed E-state index contributed by atoms with van der Waals surface area (Å²) in [6, 6.07) is 6.22. The Labute approximate surface area is 179 Å². The van der Waals surface area contributed by atoms with Crippen molar-refractivity contribution in [2.75, 3.05) is 87.6 Å². The van der Waals surface area contributed by atoms with Gasteiger partial charge in [0.25, 0.3) is 0 Å². The third kappa shape index (κ3) is 7.64. The summed E-state index contributed by atoms with van der Waals surface area (Å²) in [7, 11) is 6.73. The van der Waals surface area contributed by atoms with Crippen LogP contribution in [0.2, 0.25) is 0 Å². The molecule has 2 rings (SSSR count). The molecule has 1 fully saturated rings. The number of hydrogen-bond acceptors (Lipinski definition) is 7. The SMILES string of the molecule is CN=C(NCCOCCOC)NCC(c1ccc(OC)c(OC)c1)N1CCOCC1. The molecule has 1 aromatic rings. The number of aliphatic imine (C=N–C) groups is 1. The second kappa shape index (κ2) is 14.0. The zero-order chi connectivity index (χ0) is 21.6. The van der Waals surface area contributed by atoms with Crippen LogP contribution in [0.15, 0.2) is 23.2 Å². The molecule has 0 amide bonds. The number of methoxy groups -OCH3 is 3. The first-order chi connectivity index (χ1) is 14.7. The Bertz CT molecular complexity index is 638. The number of rotatable bonds is 12. The molecule has 0 aliphatic carbocycles. The quantitative estimate of drug-likeness (QED) is 0.291. The number of hydrogen-bond donors (Lipinski definition) is 2. The van der Waals surface area contributed by atoms with Crippen LogP contribution >= 0.6 is 0 Å². The van der Waals surface area contributed by atoms with E-state index < -0.39 is 0 Å². The van der Waals surface area contributed by atoms with Crippen LogP contribution in [0.4, 0.5) is 0 Å². The molecule has 1 saturated heterocycles. The second-order valence-corrected chi connectivity index (χ2v) is 6.76. The highest BCUT2D eigenvalue weighted by Gasteiger charge is 2.24. The highest BCUT2D eigenvalue weighted by atomic mass is 16.5. The molecule has 170 valence electrons. The Kier molecular flexibility index (Phi) is 11.3. The van der Waals surface area contributed by atoms with Crippen molar-refractivity contribution in [2.45, 2.75) is 6.04 Å². The van der Waals surface area contributed by atoms with Crippen LogP contribution < -0.4 is 20.1 Å². The predicted octanol–water partition coefficient (Wildman–Crippen LogP) is 0.905. The molecule has 1 aliphatic rings. The molecule has 1 atom stereocenters. The summed E-state index contributed by atoms with van der Waals surface area (Å²) in [6.07, 6.45) is 0. The van der Waals surface area contributed by atoms with Gasteiger partial charge in [0, 0.05) is 40.3 Å². The zero-order valence-corrected chi connectivity index (χ0v) is 18.6. The third-order valence-corrected chi connectivity index (χ3v) is 4.94. The molecule has 0 saturated carbocycles. The van der Waals surface area contributed by atoms with Crippen molar-refractivity contribution < 1.29 is 23.7 Å². The summed E-state index contributed by atoms with van der Waals surface area (Å²) in [4.78, 5) is 6.74. The molecule has 2 N–H and O–H groups in total. The van der Waals surface area contributed by atoms with Gasteiger partial charge in [0.05, 0.1) is 53.3 Å². The van der Waals surface area contributed by atoms with Gasteiger partial charge in [0.2, 0.25) is 0 Å². The van der Waals surface area contributed by atoms with Gasteiger partial charge in [-0.2, -0.15) is 0 Å². The number of benzene rings is 1. The van der Waals surface area contributed by atoms with E-state index in [9.17, 15) is 0 Å². The molecular weight excluding hydrogens is 388 g/mol. The lowest BCUT2D eigenvalue weighted by Crippen LogP contribution is -2.46. The Morgan fingerprint density at radius 1 is 1.07 bits per heavy atom. The summed E-state index contributed by atoms with van der Waals surface area (Å²) < 4.78 is 26.9. The van der Waals surface area contributed by atoms with E-state index in [0.29, 0.717) is 32.9 Å². The fraction of sp³-hybridized carbons (Fsp3) is 0.667. The molecule has 9 heteroatoms. The minimum Gasteiger partial charge on any atom is -0.493 e. The van der Waals surface area contributed by atoms with Crippen LogP contribution in [0.3, 0.4) is 0 Å². The summed E-state index contributed by atoms with van der Waals surface area (Å²) in [5.74, 6) is 2.19. The number of ether oxygens (including phenoxy) is 5. The zero-order valence-electron chi connectivity index (χ0n) is 18.6. The molecule has 0 spiro atoms. The van der Waals surface area contributed by atoms with Crippen LogP contribution in [-0.4, -0.2) is 98.4 Å². The molecule has 0 radical (unpaired) electrons. The van der Waals surface area contributed by atoms with Gasteiger partial charge in [-0.15, -0.1) is 0 Å². The van der Waals surface area contributed by atoms with Crippen LogP contribution in [0.5, 0.6) is 11.5 Å². The van der Waals surface area contributed by atoms with E-state index in [2.05, 4.69) is 26.6 Å². The van der Waals surface area contributed by atoms with Crippen molar-refractivity contribution in [3.05, 3.63) is 23.8 Å². The number of guanidine groups is 1. The van der Waals surface area contributed by atoms with E-state index in [1.54, 1.807) is 28.4 Å². The number of nitrogens with one attached hydrogen (secondary N) is 2. The lowest BCUT2D eigenvalue weighted by Gasteiger charge is -2.35. The molecule has 0 bridgehead atoms. The summed E-state index contributed by atoms with van der Waals surface area (Å²) in [5.41, 5.74) is 1.15. The molecule has 1 heterocycles. The van der Waals surface area contributed by atoms with Gasteiger partial charge in [-0.3, -0.25) is 9.89 Å². The van der Waals surface area contributed by atoms with E-state index in [-0.39, 0.29) is 6.04 Å². The average Bonchev–Trinajstić information content (AvgIpc) is 2.80. The largest absolute Gasteiger partial charge is 0.493 e. The first kappa shape index (κ1) is 24.2.